The molecule has 22 heavy (non-hydrogen) atoms. The van der Waals surface area contributed by atoms with Crippen molar-refractivity contribution >= 4 is 16.9 Å². The third kappa shape index (κ3) is 2.87. The van der Waals surface area contributed by atoms with Gasteiger partial charge >= 0.3 is 0 Å². The Bertz CT molecular complexity index is 757. The number of carbonyl (C=O) groups excluding carboxylic acids is 1. The summed E-state index contributed by atoms with van der Waals surface area (Å²) in [6.45, 7) is 1.77. The predicted octanol–water partition coefficient (Wildman–Crippen LogP) is 3.07. The summed E-state index contributed by atoms with van der Waals surface area (Å²) < 4.78 is 5.51. The van der Waals surface area contributed by atoms with Gasteiger partial charge in [0.2, 0.25) is 0 Å². The van der Waals surface area contributed by atoms with Gasteiger partial charge in [-0.15, -0.1) is 0 Å². The molecule has 0 fully saturated rings. The molecule has 0 unspecified atom stereocenters. The first-order valence-corrected chi connectivity index (χ1v) is 7.11. The summed E-state index contributed by atoms with van der Waals surface area (Å²) in [4.78, 5) is 12.2. The molecule has 0 saturated carbocycles. The maximum Gasteiger partial charge on any atom is 0.287 e. The standard InChI is InChI=1S/C18H17NO3/c1-18(21,14-8-3-2-4-9-14)12-19-17(20)16-11-13-7-5-6-10-15(13)22-16/h2-11,21H,12H2,1H3,(H,19,20)/t18-/m1/s1. The van der Waals surface area contributed by atoms with Gasteiger partial charge in [0.1, 0.15) is 11.2 Å². The van der Waals surface area contributed by atoms with Crippen molar-refractivity contribution in [1.82, 2.24) is 5.32 Å². The van der Waals surface area contributed by atoms with Crippen molar-refractivity contribution in [2.45, 2.75) is 12.5 Å². The largest absolute Gasteiger partial charge is 0.451 e. The summed E-state index contributed by atoms with van der Waals surface area (Å²) in [5.41, 5.74) is 0.283. The molecule has 4 nitrogen and oxygen atoms in total. The van der Waals surface area contributed by atoms with Crippen molar-refractivity contribution in [3.05, 3.63) is 72.0 Å². The van der Waals surface area contributed by atoms with Gasteiger partial charge < -0.3 is 14.8 Å². The van der Waals surface area contributed by atoms with Gasteiger partial charge in [0.05, 0.1) is 6.54 Å². The molecule has 1 heterocycles. The number of aliphatic hydroxyl groups is 1. The summed E-state index contributed by atoms with van der Waals surface area (Å²) in [5.74, 6) is -0.0996. The summed E-state index contributed by atoms with van der Waals surface area (Å²) in [5, 5.41) is 14.1. The average Bonchev–Trinajstić information content (AvgIpc) is 2.98. The minimum absolute atomic E-state index is 0.104. The first kappa shape index (κ1) is 14.4. The fourth-order valence-corrected chi connectivity index (χ4v) is 2.33. The molecule has 1 atom stereocenters. The van der Waals surface area contributed by atoms with Crippen LogP contribution in [0.2, 0.25) is 0 Å². The molecular formula is C18H17NO3. The third-order valence-electron chi connectivity index (χ3n) is 3.64. The van der Waals surface area contributed by atoms with Gasteiger partial charge in [-0.05, 0) is 24.6 Å². The Balaban J connectivity index is 1.72. The second-order valence-corrected chi connectivity index (χ2v) is 5.47. The quantitative estimate of drug-likeness (QED) is 0.777. The minimum atomic E-state index is -1.14. The van der Waals surface area contributed by atoms with Crippen molar-refractivity contribution in [2.75, 3.05) is 6.54 Å². The minimum Gasteiger partial charge on any atom is -0.451 e. The van der Waals surface area contributed by atoms with E-state index in [2.05, 4.69) is 5.32 Å². The van der Waals surface area contributed by atoms with Crippen LogP contribution in [0.3, 0.4) is 0 Å². The number of carbonyl (C=O) groups is 1. The molecule has 0 saturated heterocycles. The van der Waals surface area contributed by atoms with Gasteiger partial charge in [0, 0.05) is 5.39 Å². The highest BCUT2D eigenvalue weighted by molar-refractivity contribution is 5.96. The molecule has 2 aromatic carbocycles. The van der Waals surface area contributed by atoms with Crippen molar-refractivity contribution < 1.29 is 14.3 Å². The summed E-state index contributed by atoms with van der Waals surface area (Å²) in [6.07, 6.45) is 0. The lowest BCUT2D eigenvalue weighted by Crippen LogP contribution is -2.38. The van der Waals surface area contributed by atoms with Crippen LogP contribution in [-0.2, 0) is 5.60 Å². The molecule has 3 rings (SSSR count). The third-order valence-corrected chi connectivity index (χ3v) is 3.64. The van der Waals surface area contributed by atoms with E-state index in [0.29, 0.717) is 5.58 Å². The van der Waals surface area contributed by atoms with E-state index in [9.17, 15) is 9.90 Å². The number of furan rings is 1. The first-order valence-electron chi connectivity index (χ1n) is 7.11. The molecule has 2 N–H and O–H groups in total. The summed E-state index contributed by atoms with van der Waals surface area (Å²) in [7, 11) is 0. The van der Waals surface area contributed by atoms with Gasteiger partial charge in [-0.3, -0.25) is 4.79 Å². The van der Waals surface area contributed by atoms with Crippen LogP contribution >= 0.6 is 0 Å². The smallest absolute Gasteiger partial charge is 0.287 e. The molecule has 0 bridgehead atoms. The van der Waals surface area contributed by atoms with Gasteiger partial charge in [-0.2, -0.15) is 0 Å². The van der Waals surface area contributed by atoms with Crippen molar-refractivity contribution in [2.24, 2.45) is 0 Å². The number of hydrogen-bond donors (Lipinski definition) is 2. The fourth-order valence-electron chi connectivity index (χ4n) is 2.33. The molecule has 1 amide bonds. The van der Waals surface area contributed by atoms with Gasteiger partial charge in [-0.25, -0.2) is 0 Å². The van der Waals surface area contributed by atoms with Crippen molar-refractivity contribution in [3.63, 3.8) is 0 Å². The van der Waals surface area contributed by atoms with Crippen LogP contribution in [0.25, 0.3) is 11.0 Å². The topological polar surface area (TPSA) is 62.5 Å². The van der Waals surface area contributed by atoms with E-state index in [1.165, 1.54) is 0 Å². The first-order chi connectivity index (χ1) is 10.6. The Hall–Kier alpha value is -2.59. The molecule has 0 aliphatic heterocycles. The second kappa shape index (κ2) is 5.66. The van der Waals surface area contributed by atoms with E-state index < -0.39 is 5.60 Å². The van der Waals surface area contributed by atoms with E-state index in [-0.39, 0.29) is 18.2 Å². The van der Waals surface area contributed by atoms with E-state index in [1.54, 1.807) is 13.0 Å². The highest BCUT2D eigenvalue weighted by Gasteiger charge is 2.24. The number of amides is 1. The van der Waals surface area contributed by atoms with E-state index in [4.69, 9.17) is 4.42 Å². The molecule has 112 valence electrons. The van der Waals surface area contributed by atoms with E-state index in [1.807, 2.05) is 54.6 Å². The lowest BCUT2D eigenvalue weighted by Gasteiger charge is -2.23. The van der Waals surface area contributed by atoms with Crippen LogP contribution in [0.5, 0.6) is 0 Å². The molecule has 0 aliphatic rings. The lowest BCUT2D eigenvalue weighted by molar-refractivity contribution is 0.0519. The molecule has 1 aromatic heterocycles. The van der Waals surface area contributed by atoms with E-state index >= 15 is 0 Å². The zero-order valence-electron chi connectivity index (χ0n) is 12.2. The number of fused-ring (bicyclic) bond motifs is 1. The molecule has 4 heteroatoms. The molecule has 0 spiro atoms. The zero-order valence-corrected chi connectivity index (χ0v) is 12.2. The Morgan fingerprint density at radius 1 is 1.14 bits per heavy atom. The van der Waals surface area contributed by atoms with Crippen LogP contribution in [-0.4, -0.2) is 17.6 Å². The molecule has 3 aromatic rings. The maximum absolute atomic E-state index is 12.2. The normalized spacial score (nSPS) is 13.7. The summed E-state index contributed by atoms with van der Waals surface area (Å²) in [6, 6.07) is 18.4. The van der Waals surface area contributed by atoms with Crippen molar-refractivity contribution in [3.8, 4) is 0 Å². The number of nitrogens with one attached hydrogen (secondary N) is 1. The van der Waals surface area contributed by atoms with Crippen LogP contribution in [0.1, 0.15) is 23.0 Å². The average molecular weight is 295 g/mol. The van der Waals surface area contributed by atoms with Crippen molar-refractivity contribution in [1.29, 1.82) is 0 Å². The van der Waals surface area contributed by atoms with E-state index in [0.717, 1.165) is 10.9 Å². The lowest BCUT2D eigenvalue weighted by atomic mass is 9.96. The summed E-state index contributed by atoms with van der Waals surface area (Å²) >= 11 is 0. The number of para-hydroxylation sites is 1. The van der Waals surface area contributed by atoms with Crippen LogP contribution in [0.4, 0.5) is 0 Å². The van der Waals surface area contributed by atoms with Crippen LogP contribution < -0.4 is 5.32 Å². The van der Waals surface area contributed by atoms with Gasteiger partial charge in [0.15, 0.2) is 5.76 Å². The monoisotopic (exact) mass is 295 g/mol. The van der Waals surface area contributed by atoms with Crippen LogP contribution in [0, 0.1) is 0 Å². The highest BCUT2D eigenvalue weighted by atomic mass is 16.3. The predicted molar refractivity (Wildman–Crippen MR) is 84.6 cm³/mol. The van der Waals surface area contributed by atoms with Crippen LogP contribution in [0.15, 0.2) is 65.1 Å². The van der Waals surface area contributed by atoms with Gasteiger partial charge in [-0.1, -0.05) is 48.5 Å². The number of benzene rings is 2. The maximum atomic E-state index is 12.2. The second-order valence-electron chi connectivity index (χ2n) is 5.47. The Kier molecular flexibility index (Phi) is 3.69. The number of hydrogen-bond acceptors (Lipinski definition) is 3. The molecule has 0 aliphatic carbocycles. The molecular weight excluding hydrogens is 278 g/mol. The van der Waals surface area contributed by atoms with Gasteiger partial charge in [0.25, 0.3) is 5.91 Å². The number of rotatable bonds is 4. The Labute approximate surface area is 128 Å². The highest BCUT2D eigenvalue weighted by Crippen LogP contribution is 2.21. The Morgan fingerprint density at radius 3 is 2.55 bits per heavy atom. The fraction of sp³-hybridized carbons (Fsp3) is 0.167. The molecule has 0 radical (unpaired) electrons. The zero-order chi connectivity index (χ0) is 15.6. The Morgan fingerprint density at radius 2 is 1.82 bits per heavy atom. The SMILES string of the molecule is C[C@@](O)(CNC(=O)c1cc2ccccc2o1)c1ccccc1.